The number of rotatable bonds is 5. The molecule has 0 saturated carbocycles. The van der Waals surface area contributed by atoms with E-state index < -0.39 is 0 Å². The van der Waals surface area contributed by atoms with Crippen LogP contribution in [0.3, 0.4) is 0 Å². The van der Waals surface area contributed by atoms with Crippen LogP contribution in [0.2, 0.25) is 0 Å². The SMILES string of the molecule is CC(C)O.COc1ccc(CCN2COc3ccc4c(c3C2)O/C(=C\c2ccco2)C4=O)cc1. The number of Topliss-reactive ketones (excluding diaryl/α,β-unsaturated/α-hetero) is 1. The first-order chi connectivity index (χ1) is 16.4. The Bertz CT molecular complexity index is 1150. The van der Waals surface area contributed by atoms with E-state index in [-0.39, 0.29) is 17.6 Å². The molecule has 2 aliphatic heterocycles. The molecule has 2 aromatic carbocycles. The van der Waals surface area contributed by atoms with Crippen molar-refractivity contribution in [2.24, 2.45) is 0 Å². The molecule has 0 spiro atoms. The average Bonchev–Trinajstić information content (AvgIpc) is 3.46. The summed E-state index contributed by atoms with van der Waals surface area (Å²) in [5, 5.41) is 8.06. The summed E-state index contributed by atoms with van der Waals surface area (Å²) in [7, 11) is 1.66. The van der Waals surface area contributed by atoms with E-state index in [4.69, 9.17) is 23.7 Å². The highest BCUT2D eigenvalue weighted by atomic mass is 16.5. The second-order valence-electron chi connectivity index (χ2n) is 8.39. The van der Waals surface area contributed by atoms with Crippen molar-refractivity contribution >= 4 is 11.9 Å². The number of ether oxygens (including phenoxy) is 3. The highest BCUT2D eigenvalue weighted by Crippen LogP contribution is 2.42. The average molecular weight is 464 g/mol. The summed E-state index contributed by atoms with van der Waals surface area (Å²) in [4.78, 5) is 15.0. The molecule has 3 heterocycles. The number of aliphatic hydroxyl groups is 1. The molecule has 2 aliphatic rings. The lowest BCUT2D eigenvalue weighted by atomic mass is 10.0. The Hall–Kier alpha value is -3.55. The third-order valence-electron chi connectivity index (χ3n) is 5.37. The Balaban J connectivity index is 0.000000636. The summed E-state index contributed by atoms with van der Waals surface area (Å²) in [5.41, 5.74) is 2.70. The van der Waals surface area contributed by atoms with Gasteiger partial charge in [-0.05, 0) is 62.2 Å². The smallest absolute Gasteiger partial charge is 0.232 e. The number of nitrogens with zero attached hydrogens (tertiary/aromatic N) is 1. The van der Waals surface area contributed by atoms with Crippen molar-refractivity contribution in [3.8, 4) is 17.2 Å². The summed E-state index contributed by atoms with van der Waals surface area (Å²) < 4.78 is 22.4. The molecule has 0 saturated heterocycles. The number of aliphatic hydroxyl groups excluding tert-OH is 1. The van der Waals surface area contributed by atoms with Gasteiger partial charge >= 0.3 is 0 Å². The normalized spacial score (nSPS) is 15.8. The molecule has 0 fully saturated rings. The lowest BCUT2D eigenvalue weighted by Crippen LogP contribution is -2.33. The summed E-state index contributed by atoms with van der Waals surface area (Å²) in [6.45, 7) is 5.44. The fourth-order valence-corrected chi connectivity index (χ4v) is 3.73. The summed E-state index contributed by atoms with van der Waals surface area (Å²) in [6.07, 6.45) is 3.91. The number of hydrogen-bond acceptors (Lipinski definition) is 7. The second kappa shape index (κ2) is 10.6. The fraction of sp³-hybridized carbons (Fsp3) is 0.296. The fourth-order valence-electron chi connectivity index (χ4n) is 3.73. The van der Waals surface area contributed by atoms with Crippen LogP contribution in [0.25, 0.3) is 6.08 Å². The van der Waals surface area contributed by atoms with Gasteiger partial charge in [0.25, 0.3) is 0 Å². The van der Waals surface area contributed by atoms with E-state index >= 15 is 0 Å². The molecular weight excluding hydrogens is 434 g/mol. The third-order valence-corrected chi connectivity index (χ3v) is 5.37. The molecule has 0 atom stereocenters. The van der Waals surface area contributed by atoms with E-state index in [1.807, 2.05) is 18.2 Å². The van der Waals surface area contributed by atoms with E-state index in [1.54, 1.807) is 51.5 Å². The van der Waals surface area contributed by atoms with Crippen LogP contribution < -0.4 is 14.2 Å². The first kappa shape index (κ1) is 23.6. The lowest BCUT2D eigenvalue weighted by molar-refractivity contribution is 0.0949. The molecule has 178 valence electrons. The van der Waals surface area contributed by atoms with Crippen molar-refractivity contribution in [3.63, 3.8) is 0 Å². The van der Waals surface area contributed by atoms with E-state index in [2.05, 4.69) is 17.0 Å². The number of allylic oxidation sites excluding steroid dienone is 1. The Morgan fingerprint density at radius 3 is 2.59 bits per heavy atom. The van der Waals surface area contributed by atoms with Gasteiger partial charge in [0.05, 0.1) is 24.5 Å². The summed E-state index contributed by atoms with van der Waals surface area (Å²) >= 11 is 0. The van der Waals surface area contributed by atoms with Gasteiger partial charge in [-0.25, -0.2) is 0 Å². The van der Waals surface area contributed by atoms with Gasteiger partial charge in [-0.2, -0.15) is 0 Å². The maximum atomic E-state index is 12.8. The molecule has 0 unspecified atom stereocenters. The number of carbonyl (C=O) groups excluding carboxylic acids is 1. The van der Waals surface area contributed by atoms with Gasteiger partial charge in [-0.1, -0.05) is 12.1 Å². The molecule has 5 rings (SSSR count). The minimum Gasteiger partial charge on any atom is -0.497 e. The number of fused-ring (bicyclic) bond motifs is 3. The monoisotopic (exact) mass is 463 g/mol. The highest BCUT2D eigenvalue weighted by Gasteiger charge is 2.33. The Labute approximate surface area is 199 Å². The molecule has 7 nitrogen and oxygen atoms in total. The molecule has 0 aliphatic carbocycles. The number of ketones is 1. The van der Waals surface area contributed by atoms with Crippen LogP contribution in [0.5, 0.6) is 17.2 Å². The van der Waals surface area contributed by atoms with E-state index in [0.29, 0.717) is 30.3 Å². The maximum Gasteiger partial charge on any atom is 0.232 e. The zero-order chi connectivity index (χ0) is 24.1. The molecule has 0 bridgehead atoms. The first-order valence-corrected chi connectivity index (χ1v) is 11.2. The van der Waals surface area contributed by atoms with E-state index in [0.717, 1.165) is 30.0 Å². The molecule has 1 aromatic heterocycles. The predicted octanol–water partition coefficient (Wildman–Crippen LogP) is 4.69. The summed E-state index contributed by atoms with van der Waals surface area (Å²) in [6, 6.07) is 15.3. The van der Waals surface area contributed by atoms with Crippen LogP contribution in [-0.4, -0.2) is 42.3 Å². The Kier molecular flexibility index (Phi) is 7.35. The molecule has 0 radical (unpaired) electrons. The van der Waals surface area contributed by atoms with Gasteiger partial charge in [0.1, 0.15) is 29.7 Å². The molecule has 7 heteroatoms. The van der Waals surface area contributed by atoms with E-state index in [9.17, 15) is 4.79 Å². The van der Waals surface area contributed by atoms with Gasteiger partial charge in [-0.15, -0.1) is 0 Å². The van der Waals surface area contributed by atoms with Crippen LogP contribution in [0, 0.1) is 0 Å². The van der Waals surface area contributed by atoms with Crippen molar-refractivity contribution in [1.29, 1.82) is 0 Å². The molecule has 1 N–H and O–H groups in total. The van der Waals surface area contributed by atoms with Gasteiger partial charge in [0, 0.05) is 25.3 Å². The standard InChI is InChI=1S/C24H21NO5.C3H8O/c1-27-17-6-4-16(5-7-17)10-11-25-14-20-21(29-15-25)9-8-19-23(26)22(30-24(19)20)13-18-3-2-12-28-18;1-3(2)4/h2-9,12-13H,10-11,14-15H2,1H3;3-4H,1-2H3/b22-13-;. The van der Waals surface area contributed by atoms with Crippen molar-refractivity contribution < 1.29 is 28.5 Å². The van der Waals surface area contributed by atoms with Crippen molar-refractivity contribution in [1.82, 2.24) is 4.90 Å². The maximum absolute atomic E-state index is 12.8. The van der Waals surface area contributed by atoms with E-state index in [1.165, 1.54) is 5.56 Å². The minimum atomic E-state index is -0.167. The van der Waals surface area contributed by atoms with Gasteiger partial charge < -0.3 is 23.7 Å². The molecular formula is C27H29NO6. The Morgan fingerprint density at radius 1 is 1.15 bits per heavy atom. The number of benzene rings is 2. The molecule has 34 heavy (non-hydrogen) atoms. The van der Waals surface area contributed by atoms with Crippen LogP contribution in [0.4, 0.5) is 0 Å². The minimum absolute atomic E-state index is 0.139. The number of furan rings is 1. The van der Waals surface area contributed by atoms with Gasteiger partial charge in [-0.3, -0.25) is 9.69 Å². The largest absolute Gasteiger partial charge is 0.497 e. The predicted molar refractivity (Wildman–Crippen MR) is 128 cm³/mol. The molecule has 0 amide bonds. The lowest BCUT2D eigenvalue weighted by Gasteiger charge is -2.29. The number of carbonyl (C=O) groups is 1. The van der Waals surface area contributed by atoms with Crippen LogP contribution in [-0.2, 0) is 13.0 Å². The van der Waals surface area contributed by atoms with Crippen LogP contribution >= 0.6 is 0 Å². The third kappa shape index (κ3) is 5.50. The quantitative estimate of drug-likeness (QED) is 0.550. The van der Waals surface area contributed by atoms with Crippen molar-refractivity contribution in [2.75, 3.05) is 20.4 Å². The van der Waals surface area contributed by atoms with Crippen LogP contribution in [0.15, 0.2) is 65.0 Å². The zero-order valence-electron chi connectivity index (χ0n) is 19.6. The number of hydrogen-bond donors (Lipinski definition) is 1. The number of methoxy groups -OCH3 is 1. The van der Waals surface area contributed by atoms with Gasteiger partial charge in [0.15, 0.2) is 5.76 Å². The molecule has 3 aromatic rings. The topological polar surface area (TPSA) is 81.4 Å². The first-order valence-electron chi connectivity index (χ1n) is 11.2. The van der Waals surface area contributed by atoms with Crippen molar-refractivity contribution in [2.45, 2.75) is 32.9 Å². The highest BCUT2D eigenvalue weighted by molar-refractivity contribution is 6.14. The zero-order valence-corrected chi connectivity index (χ0v) is 19.6. The van der Waals surface area contributed by atoms with Gasteiger partial charge in [0.2, 0.25) is 5.78 Å². The second-order valence-corrected chi connectivity index (χ2v) is 8.39. The Morgan fingerprint density at radius 2 is 1.91 bits per heavy atom. The van der Waals surface area contributed by atoms with Crippen LogP contribution in [0.1, 0.15) is 41.1 Å². The summed E-state index contributed by atoms with van der Waals surface area (Å²) in [5.74, 6) is 2.91. The van der Waals surface area contributed by atoms with Crippen molar-refractivity contribution in [3.05, 3.63) is 83.0 Å².